The molecule has 2 aromatic heterocycles. The number of aromatic nitrogens is 4. The molecule has 4 aromatic rings. The summed E-state index contributed by atoms with van der Waals surface area (Å²) in [5.74, 6) is -0.249. The number of rotatable bonds is 10. The van der Waals surface area contributed by atoms with Gasteiger partial charge in [0.1, 0.15) is 24.8 Å². The van der Waals surface area contributed by atoms with Crippen LogP contribution in [0.25, 0.3) is 0 Å². The van der Waals surface area contributed by atoms with E-state index in [0.29, 0.717) is 12.2 Å². The molecule has 0 saturated heterocycles. The van der Waals surface area contributed by atoms with E-state index in [1.807, 2.05) is 29.6 Å². The fourth-order valence-electron chi connectivity index (χ4n) is 3.26. The van der Waals surface area contributed by atoms with Crippen molar-refractivity contribution in [2.75, 3.05) is 7.11 Å². The van der Waals surface area contributed by atoms with Gasteiger partial charge in [-0.05, 0) is 11.1 Å². The van der Waals surface area contributed by atoms with Crippen LogP contribution in [0, 0.1) is 10.1 Å². The number of hydrogen-bond donors (Lipinski definition) is 1. The van der Waals surface area contributed by atoms with Crippen molar-refractivity contribution >= 4 is 22.9 Å². The van der Waals surface area contributed by atoms with Crippen LogP contribution in [0.3, 0.4) is 0 Å². The lowest BCUT2D eigenvalue weighted by molar-refractivity contribution is -0.385. The van der Waals surface area contributed by atoms with Gasteiger partial charge in [0.05, 0.1) is 35.8 Å². The van der Waals surface area contributed by atoms with E-state index in [2.05, 4.69) is 20.4 Å². The number of amides is 1. The minimum Gasteiger partial charge on any atom is -0.493 e. The molecule has 34 heavy (non-hydrogen) atoms. The first-order valence-corrected chi connectivity index (χ1v) is 11.0. The Morgan fingerprint density at radius 3 is 2.74 bits per heavy atom. The molecule has 174 valence electrons. The summed E-state index contributed by atoms with van der Waals surface area (Å²) in [4.78, 5) is 32.1. The first-order valence-electron chi connectivity index (χ1n) is 10.1. The molecule has 4 rings (SSSR count). The number of ether oxygens (including phenoxy) is 2. The van der Waals surface area contributed by atoms with Gasteiger partial charge >= 0.3 is 0 Å². The minimum atomic E-state index is -0.622. The van der Waals surface area contributed by atoms with Crippen molar-refractivity contribution in [2.24, 2.45) is 0 Å². The van der Waals surface area contributed by atoms with Gasteiger partial charge < -0.3 is 14.8 Å². The normalized spacial score (nSPS) is 10.6. The van der Waals surface area contributed by atoms with E-state index >= 15 is 0 Å². The molecular weight excluding hydrogens is 460 g/mol. The predicted molar refractivity (Wildman–Crippen MR) is 123 cm³/mol. The van der Waals surface area contributed by atoms with Crippen molar-refractivity contribution in [3.8, 4) is 11.5 Å². The maximum absolute atomic E-state index is 12.9. The van der Waals surface area contributed by atoms with Gasteiger partial charge in [0, 0.05) is 18.0 Å². The third-order valence-electron chi connectivity index (χ3n) is 4.94. The standard InChI is InChI=1S/C22H20N6O5S/c1-32-20-6-18(19(28(30)31)7-21(20)33-10-17-11-34-14-25-17)22(29)24-8-15-4-2-3-5-16(15)9-27-13-23-12-26-27/h2-7,11-14H,8-10H2,1H3,(H,24,29). The minimum absolute atomic E-state index is 0.116. The summed E-state index contributed by atoms with van der Waals surface area (Å²) in [6.45, 7) is 0.765. The average Bonchev–Trinajstić information content (AvgIpc) is 3.56. The van der Waals surface area contributed by atoms with Gasteiger partial charge in [-0.25, -0.2) is 14.6 Å². The van der Waals surface area contributed by atoms with Crippen LogP contribution in [0.2, 0.25) is 0 Å². The number of nitro groups is 1. The van der Waals surface area contributed by atoms with Gasteiger partial charge in [-0.1, -0.05) is 24.3 Å². The number of hydrogen-bond acceptors (Lipinski definition) is 9. The molecule has 1 amide bonds. The largest absolute Gasteiger partial charge is 0.493 e. The molecule has 0 radical (unpaired) electrons. The molecule has 0 saturated carbocycles. The van der Waals surface area contributed by atoms with Crippen LogP contribution in [0.5, 0.6) is 11.5 Å². The zero-order valence-corrected chi connectivity index (χ0v) is 18.9. The van der Waals surface area contributed by atoms with Gasteiger partial charge in [0.25, 0.3) is 11.6 Å². The molecule has 12 heteroatoms. The summed E-state index contributed by atoms with van der Waals surface area (Å²) in [6.07, 6.45) is 3.05. The topological polar surface area (TPSA) is 134 Å². The Morgan fingerprint density at radius 1 is 1.24 bits per heavy atom. The molecule has 0 aliphatic rings. The predicted octanol–water partition coefficient (Wildman–Crippen LogP) is 3.21. The van der Waals surface area contributed by atoms with Crippen LogP contribution in [-0.4, -0.2) is 37.7 Å². The van der Waals surface area contributed by atoms with E-state index in [-0.39, 0.29) is 35.9 Å². The fourth-order valence-corrected chi connectivity index (χ4v) is 3.80. The van der Waals surface area contributed by atoms with Crippen molar-refractivity contribution in [1.29, 1.82) is 0 Å². The van der Waals surface area contributed by atoms with E-state index in [1.54, 1.807) is 16.5 Å². The van der Waals surface area contributed by atoms with Crippen LogP contribution in [-0.2, 0) is 19.7 Å². The third kappa shape index (κ3) is 5.35. The quantitative estimate of drug-likeness (QED) is 0.270. The number of methoxy groups -OCH3 is 1. The molecule has 2 aromatic carbocycles. The number of thiazole rings is 1. The smallest absolute Gasteiger partial charge is 0.286 e. The lowest BCUT2D eigenvalue weighted by Crippen LogP contribution is -2.24. The zero-order valence-electron chi connectivity index (χ0n) is 18.1. The van der Waals surface area contributed by atoms with Crippen molar-refractivity contribution < 1.29 is 19.2 Å². The molecule has 0 unspecified atom stereocenters. The summed E-state index contributed by atoms with van der Waals surface area (Å²) in [5.41, 5.74) is 3.62. The molecule has 0 aliphatic heterocycles. The van der Waals surface area contributed by atoms with E-state index in [1.165, 1.54) is 36.9 Å². The van der Waals surface area contributed by atoms with Crippen LogP contribution in [0.1, 0.15) is 27.2 Å². The van der Waals surface area contributed by atoms with Gasteiger partial charge in [0.15, 0.2) is 11.5 Å². The summed E-state index contributed by atoms with van der Waals surface area (Å²) in [5, 5.41) is 20.4. The molecule has 0 aliphatic carbocycles. The Balaban J connectivity index is 1.53. The number of benzene rings is 2. The Hall–Kier alpha value is -4.32. The molecule has 0 atom stereocenters. The Kier molecular flexibility index (Phi) is 7.08. The Labute approximate surface area is 198 Å². The lowest BCUT2D eigenvalue weighted by atomic mass is 10.1. The number of nitrogens with one attached hydrogen (secondary N) is 1. The average molecular weight is 481 g/mol. The van der Waals surface area contributed by atoms with E-state index in [0.717, 1.165) is 11.1 Å². The van der Waals surface area contributed by atoms with Crippen LogP contribution in [0.15, 0.2) is 59.9 Å². The molecular formula is C22H20N6O5S. The first-order chi connectivity index (χ1) is 16.5. The highest BCUT2D eigenvalue weighted by Crippen LogP contribution is 2.35. The summed E-state index contributed by atoms with van der Waals surface area (Å²) < 4.78 is 12.7. The van der Waals surface area contributed by atoms with Crippen molar-refractivity contribution in [2.45, 2.75) is 19.7 Å². The maximum Gasteiger partial charge on any atom is 0.286 e. The highest BCUT2D eigenvalue weighted by molar-refractivity contribution is 7.07. The maximum atomic E-state index is 12.9. The van der Waals surface area contributed by atoms with Gasteiger partial charge in [-0.15, -0.1) is 11.3 Å². The second-order valence-electron chi connectivity index (χ2n) is 7.09. The van der Waals surface area contributed by atoms with E-state index < -0.39 is 10.8 Å². The Morgan fingerprint density at radius 2 is 2.06 bits per heavy atom. The number of nitrogens with zero attached hydrogens (tertiary/aromatic N) is 5. The summed E-state index contributed by atoms with van der Waals surface area (Å²) in [6, 6.07) is 10.0. The van der Waals surface area contributed by atoms with Gasteiger partial charge in [-0.3, -0.25) is 14.9 Å². The molecule has 0 spiro atoms. The Bertz CT molecular complexity index is 1280. The monoisotopic (exact) mass is 480 g/mol. The lowest BCUT2D eigenvalue weighted by Gasteiger charge is -2.13. The number of carbonyl (C=O) groups is 1. The van der Waals surface area contributed by atoms with Gasteiger partial charge in [0.2, 0.25) is 0 Å². The molecule has 1 N–H and O–H groups in total. The summed E-state index contributed by atoms with van der Waals surface area (Å²) >= 11 is 1.41. The van der Waals surface area contributed by atoms with E-state index in [4.69, 9.17) is 9.47 Å². The van der Waals surface area contributed by atoms with Crippen molar-refractivity contribution in [3.05, 3.63) is 92.4 Å². The highest BCUT2D eigenvalue weighted by Gasteiger charge is 2.25. The third-order valence-corrected chi connectivity index (χ3v) is 5.57. The van der Waals surface area contributed by atoms with Crippen LogP contribution >= 0.6 is 11.3 Å². The zero-order chi connectivity index (χ0) is 23.9. The molecule has 11 nitrogen and oxygen atoms in total. The van der Waals surface area contributed by atoms with Gasteiger partial charge in [-0.2, -0.15) is 5.10 Å². The van der Waals surface area contributed by atoms with Crippen LogP contribution in [0.4, 0.5) is 5.69 Å². The van der Waals surface area contributed by atoms with Crippen LogP contribution < -0.4 is 14.8 Å². The van der Waals surface area contributed by atoms with Crippen molar-refractivity contribution in [3.63, 3.8) is 0 Å². The summed E-state index contributed by atoms with van der Waals surface area (Å²) in [7, 11) is 1.40. The number of nitro benzene ring substituents is 1. The molecule has 0 fully saturated rings. The van der Waals surface area contributed by atoms with E-state index in [9.17, 15) is 14.9 Å². The molecule has 0 bridgehead atoms. The second kappa shape index (κ2) is 10.5. The number of carbonyl (C=O) groups excluding carboxylic acids is 1. The fraction of sp³-hybridized carbons (Fsp3) is 0.182. The second-order valence-corrected chi connectivity index (χ2v) is 7.81. The van der Waals surface area contributed by atoms with Crippen molar-refractivity contribution in [1.82, 2.24) is 25.1 Å². The molecule has 2 heterocycles. The first kappa shape index (κ1) is 22.9. The highest BCUT2D eigenvalue weighted by atomic mass is 32.1. The SMILES string of the molecule is COc1cc(C(=O)NCc2ccccc2Cn2cncn2)c([N+](=O)[O-])cc1OCc1cscn1.